The molecule has 104 valence electrons. The van der Waals surface area contributed by atoms with E-state index in [-0.39, 0.29) is 0 Å². The average Bonchev–Trinajstić information content (AvgIpc) is 2.41. The maximum Gasteiger partial charge on any atom is 0.305 e. The van der Waals surface area contributed by atoms with Gasteiger partial charge in [0.1, 0.15) is 0 Å². The van der Waals surface area contributed by atoms with E-state index in [1.165, 1.54) is 12.5 Å². The van der Waals surface area contributed by atoms with Gasteiger partial charge in [-0.2, -0.15) is 4.39 Å². The van der Waals surface area contributed by atoms with Gasteiger partial charge in [-0.1, -0.05) is 25.0 Å². The maximum absolute atomic E-state index is 14.0. The number of hydrogen-bond donors (Lipinski definition) is 1. The second kappa shape index (κ2) is 6.10. The number of nitro groups is 1. The zero-order valence-electron chi connectivity index (χ0n) is 11.1. The summed E-state index contributed by atoms with van der Waals surface area (Å²) in [6.45, 7) is 0. The summed E-state index contributed by atoms with van der Waals surface area (Å²) >= 11 is 0. The van der Waals surface area contributed by atoms with Crippen LogP contribution < -0.4 is 5.32 Å². The highest BCUT2D eigenvalue weighted by Crippen LogP contribution is 2.30. The molecular weight excluding hydrogens is 247 g/mol. The standard InChI is InChI=1S/C14H19FN2O2/c1-16-12-7-3-2-5-10(12)9-11-6-4-8-13(14(11)15)17(18)19/h4,6,8,10,12,16H,2-3,5,7,9H2,1H3. The number of halogens is 1. The number of rotatable bonds is 4. The van der Waals surface area contributed by atoms with Crippen molar-refractivity contribution in [2.24, 2.45) is 5.92 Å². The Balaban J connectivity index is 2.18. The Hall–Kier alpha value is -1.49. The molecule has 0 amide bonds. The third kappa shape index (κ3) is 3.10. The normalized spacial score (nSPS) is 23.3. The smallest absolute Gasteiger partial charge is 0.305 e. The van der Waals surface area contributed by atoms with Crippen LogP contribution in [0.4, 0.5) is 10.1 Å². The molecule has 1 aliphatic carbocycles. The molecule has 0 spiro atoms. The van der Waals surface area contributed by atoms with Gasteiger partial charge in [0, 0.05) is 12.1 Å². The first-order valence-corrected chi connectivity index (χ1v) is 6.72. The Kier molecular flexibility index (Phi) is 4.47. The van der Waals surface area contributed by atoms with E-state index in [1.54, 1.807) is 12.1 Å². The fourth-order valence-corrected chi connectivity index (χ4v) is 2.98. The van der Waals surface area contributed by atoms with Gasteiger partial charge in [0.15, 0.2) is 0 Å². The molecule has 0 saturated heterocycles. The van der Waals surface area contributed by atoms with Gasteiger partial charge in [-0.15, -0.1) is 0 Å². The van der Waals surface area contributed by atoms with Gasteiger partial charge in [0.25, 0.3) is 0 Å². The van der Waals surface area contributed by atoms with Crippen LogP contribution in [0.3, 0.4) is 0 Å². The minimum atomic E-state index is -0.673. The third-order valence-corrected chi connectivity index (χ3v) is 4.02. The van der Waals surface area contributed by atoms with Gasteiger partial charge in [0.05, 0.1) is 4.92 Å². The predicted molar refractivity (Wildman–Crippen MR) is 71.6 cm³/mol. The van der Waals surface area contributed by atoms with Crippen molar-refractivity contribution in [3.8, 4) is 0 Å². The summed E-state index contributed by atoms with van der Waals surface area (Å²) in [5.41, 5.74) is 0.0377. The molecular formula is C14H19FN2O2. The Bertz CT molecular complexity index is 465. The molecule has 0 aromatic heterocycles. The van der Waals surface area contributed by atoms with E-state index in [0.29, 0.717) is 23.9 Å². The van der Waals surface area contributed by atoms with E-state index in [0.717, 1.165) is 19.3 Å². The first-order chi connectivity index (χ1) is 9.13. The van der Waals surface area contributed by atoms with Gasteiger partial charge in [-0.3, -0.25) is 10.1 Å². The quantitative estimate of drug-likeness (QED) is 0.673. The molecule has 1 aromatic carbocycles. The van der Waals surface area contributed by atoms with Crippen LogP contribution in [0.2, 0.25) is 0 Å². The van der Waals surface area contributed by atoms with E-state index >= 15 is 0 Å². The summed E-state index contributed by atoms with van der Waals surface area (Å²) in [7, 11) is 1.92. The van der Waals surface area contributed by atoms with Crippen LogP contribution in [-0.4, -0.2) is 18.0 Å². The zero-order valence-corrected chi connectivity index (χ0v) is 11.1. The van der Waals surface area contributed by atoms with Crippen molar-refractivity contribution in [1.82, 2.24) is 5.32 Å². The van der Waals surface area contributed by atoms with E-state index in [1.807, 2.05) is 7.05 Å². The fourth-order valence-electron chi connectivity index (χ4n) is 2.98. The minimum absolute atomic E-state index is 0.357. The van der Waals surface area contributed by atoms with Crippen molar-refractivity contribution in [2.75, 3.05) is 7.05 Å². The lowest BCUT2D eigenvalue weighted by Gasteiger charge is -2.31. The van der Waals surface area contributed by atoms with E-state index in [4.69, 9.17) is 0 Å². The van der Waals surface area contributed by atoms with Crippen molar-refractivity contribution in [3.05, 3.63) is 39.7 Å². The third-order valence-electron chi connectivity index (χ3n) is 4.02. The second-order valence-corrected chi connectivity index (χ2v) is 5.15. The van der Waals surface area contributed by atoms with Crippen molar-refractivity contribution in [3.63, 3.8) is 0 Å². The largest absolute Gasteiger partial charge is 0.317 e. The Morgan fingerprint density at radius 2 is 2.16 bits per heavy atom. The highest BCUT2D eigenvalue weighted by molar-refractivity contribution is 5.37. The minimum Gasteiger partial charge on any atom is -0.317 e. The van der Waals surface area contributed by atoms with Crippen molar-refractivity contribution >= 4 is 5.69 Å². The highest BCUT2D eigenvalue weighted by Gasteiger charge is 2.26. The molecule has 4 nitrogen and oxygen atoms in total. The lowest BCUT2D eigenvalue weighted by atomic mass is 9.80. The van der Waals surface area contributed by atoms with Gasteiger partial charge < -0.3 is 5.32 Å². The number of nitro benzene ring substituents is 1. The van der Waals surface area contributed by atoms with Crippen LogP contribution >= 0.6 is 0 Å². The Morgan fingerprint density at radius 3 is 2.84 bits per heavy atom. The average molecular weight is 266 g/mol. The highest BCUT2D eigenvalue weighted by atomic mass is 19.1. The molecule has 5 heteroatoms. The van der Waals surface area contributed by atoms with Crippen LogP contribution in [0.1, 0.15) is 31.2 Å². The molecule has 2 atom stereocenters. The molecule has 2 rings (SSSR count). The van der Waals surface area contributed by atoms with E-state index < -0.39 is 16.4 Å². The molecule has 0 heterocycles. The van der Waals surface area contributed by atoms with Crippen LogP contribution in [0.15, 0.2) is 18.2 Å². The topological polar surface area (TPSA) is 55.2 Å². The summed E-state index contributed by atoms with van der Waals surface area (Å²) in [5.74, 6) is -0.316. The van der Waals surface area contributed by atoms with Crippen LogP contribution in [0.25, 0.3) is 0 Å². The first-order valence-electron chi connectivity index (χ1n) is 6.72. The van der Waals surface area contributed by atoms with Crippen LogP contribution in [-0.2, 0) is 6.42 Å². The molecule has 1 aliphatic rings. The number of hydrogen-bond acceptors (Lipinski definition) is 3. The predicted octanol–water partition coefficient (Wildman–Crippen LogP) is 3.05. The molecule has 0 bridgehead atoms. The van der Waals surface area contributed by atoms with Gasteiger partial charge in [-0.05, 0) is 37.8 Å². The SMILES string of the molecule is CNC1CCCCC1Cc1cccc([N+](=O)[O-])c1F. The van der Waals surface area contributed by atoms with E-state index in [2.05, 4.69) is 5.32 Å². The summed E-state index contributed by atoms with van der Waals surface area (Å²) in [5, 5.41) is 14.0. The molecule has 1 fully saturated rings. The van der Waals surface area contributed by atoms with Crippen molar-refractivity contribution < 1.29 is 9.31 Å². The summed E-state index contributed by atoms with van der Waals surface area (Å²) in [6.07, 6.45) is 5.06. The molecule has 0 radical (unpaired) electrons. The van der Waals surface area contributed by atoms with Gasteiger partial charge >= 0.3 is 5.69 Å². The van der Waals surface area contributed by atoms with Gasteiger partial charge in [-0.25, -0.2) is 0 Å². The summed E-state index contributed by atoms with van der Waals surface area (Å²) < 4.78 is 14.0. The number of nitrogens with zero attached hydrogens (tertiary/aromatic N) is 1. The molecule has 1 N–H and O–H groups in total. The molecule has 19 heavy (non-hydrogen) atoms. The van der Waals surface area contributed by atoms with E-state index in [9.17, 15) is 14.5 Å². The fraction of sp³-hybridized carbons (Fsp3) is 0.571. The summed E-state index contributed by atoms with van der Waals surface area (Å²) in [6, 6.07) is 4.82. The summed E-state index contributed by atoms with van der Waals surface area (Å²) in [4.78, 5) is 10.1. The lowest BCUT2D eigenvalue weighted by molar-refractivity contribution is -0.387. The van der Waals surface area contributed by atoms with Crippen LogP contribution in [0.5, 0.6) is 0 Å². The molecule has 1 saturated carbocycles. The number of nitrogens with one attached hydrogen (secondary N) is 1. The molecule has 2 unspecified atom stereocenters. The van der Waals surface area contributed by atoms with Crippen LogP contribution in [0, 0.1) is 21.8 Å². The maximum atomic E-state index is 14.0. The zero-order chi connectivity index (χ0) is 13.8. The van der Waals surface area contributed by atoms with Crippen molar-refractivity contribution in [1.29, 1.82) is 0 Å². The second-order valence-electron chi connectivity index (χ2n) is 5.15. The molecule has 0 aliphatic heterocycles. The van der Waals surface area contributed by atoms with Crippen molar-refractivity contribution in [2.45, 2.75) is 38.1 Å². The Morgan fingerprint density at radius 1 is 1.42 bits per heavy atom. The lowest BCUT2D eigenvalue weighted by Crippen LogP contribution is -2.37. The van der Waals surface area contributed by atoms with Gasteiger partial charge in [0.2, 0.25) is 5.82 Å². The first kappa shape index (κ1) is 13.9. The molecule has 1 aromatic rings. The number of benzene rings is 1. The Labute approximate surface area is 112 Å². The monoisotopic (exact) mass is 266 g/mol.